The molecule has 0 aliphatic carbocycles. The van der Waals surface area contributed by atoms with Gasteiger partial charge in [-0.2, -0.15) is 22.0 Å². The number of alkyl halides is 5. The molecule has 0 radical (unpaired) electrons. The molecular formula is C8H9F5N4O. The molecule has 0 spiro atoms. The average molecular weight is 272 g/mol. The lowest BCUT2D eigenvalue weighted by molar-refractivity contribution is -0.269. The maximum absolute atomic E-state index is 12.5. The lowest BCUT2D eigenvalue weighted by atomic mass is 10.3. The number of hydrogen-bond acceptors (Lipinski definition) is 3. The molecule has 0 saturated carbocycles. The van der Waals surface area contributed by atoms with Gasteiger partial charge in [-0.1, -0.05) is 0 Å². The Bertz CT molecular complexity index is 427. The van der Waals surface area contributed by atoms with Crippen LogP contribution in [0.25, 0.3) is 0 Å². The fraction of sp³-hybridized carbons (Fsp3) is 0.625. The summed E-state index contributed by atoms with van der Waals surface area (Å²) in [5.41, 5.74) is 0. The van der Waals surface area contributed by atoms with Crippen molar-refractivity contribution >= 4 is 5.91 Å². The van der Waals surface area contributed by atoms with Crippen LogP contribution in [0.2, 0.25) is 0 Å². The fourth-order valence-electron chi connectivity index (χ4n) is 1.06. The van der Waals surface area contributed by atoms with Crippen molar-refractivity contribution in [2.75, 3.05) is 6.54 Å². The Morgan fingerprint density at radius 1 is 1.39 bits per heavy atom. The van der Waals surface area contributed by atoms with Gasteiger partial charge in [-0.05, 0) is 0 Å². The van der Waals surface area contributed by atoms with Crippen LogP contribution in [-0.2, 0) is 18.3 Å². The van der Waals surface area contributed by atoms with Gasteiger partial charge in [0.2, 0.25) is 0 Å². The summed E-state index contributed by atoms with van der Waals surface area (Å²) in [5, 5.41) is 8.56. The molecule has 5 nitrogen and oxygen atoms in total. The summed E-state index contributed by atoms with van der Waals surface area (Å²) in [4.78, 5) is 10.7. The monoisotopic (exact) mass is 272 g/mol. The summed E-state index contributed by atoms with van der Waals surface area (Å²) < 4.78 is 61.9. The minimum absolute atomic E-state index is 0.00379. The number of aryl methyl sites for hydroxylation is 1. The summed E-state index contributed by atoms with van der Waals surface area (Å²) in [6.45, 7) is -0.392. The summed E-state index contributed by atoms with van der Waals surface area (Å²) in [6, 6.07) is 0. The van der Waals surface area contributed by atoms with Crippen LogP contribution in [-0.4, -0.2) is 39.3 Å². The van der Waals surface area contributed by atoms with E-state index in [1.54, 1.807) is 7.05 Å². The molecule has 1 aromatic rings. The van der Waals surface area contributed by atoms with E-state index in [2.05, 4.69) is 10.2 Å². The van der Waals surface area contributed by atoms with Crippen molar-refractivity contribution in [3.05, 3.63) is 12.2 Å². The standard InChI is InChI=1S/C8H9F5N4O/c1-17-4-15-16-5(17)2-3-14-6(18)7(9,10)8(11,12)13/h4H,2-3H2,1H3,(H,14,18). The Morgan fingerprint density at radius 3 is 2.44 bits per heavy atom. The van der Waals surface area contributed by atoms with E-state index in [-0.39, 0.29) is 6.42 Å². The summed E-state index contributed by atoms with van der Waals surface area (Å²) in [6.07, 6.45) is -4.57. The van der Waals surface area contributed by atoms with Crippen LogP contribution < -0.4 is 5.32 Å². The third-order valence-corrected chi connectivity index (χ3v) is 2.08. The van der Waals surface area contributed by atoms with Crippen LogP contribution in [0.5, 0.6) is 0 Å². The zero-order valence-corrected chi connectivity index (χ0v) is 9.13. The Morgan fingerprint density at radius 2 is 2.00 bits per heavy atom. The third-order valence-electron chi connectivity index (χ3n) is 2.08. The number of nitrogens with one attached hydrogen (secondary N) is 1. The molecule has 1 rings (SSSR count). The first-order valence-corrected chi connectivity index (χ1v) is 4.72. The van der Waals surface area contributed by atoms with Gasteiger partial charge in [0.15, 0.2) is 0 Å². The summed E-state index contributed by atoms with van der Waals surface area (Å²) in [7, 11) is 1.57. The van der Waals surface area contributed by atoms with Crippen LogP contribution in [0.1, 0.15) is 5.82 Å². The Labute approximate surface area is 98.0 Å². The summed E-state index contributed by atoms with van der Waals surface area (Å²) in [5.74, 6) is -7.42. The molecule has 0 aromatic carbocycles. The maximum Gasteiger partial charge on any atom is 0.463 e. The number of aromatic nitrogens is 3. The van der Waals surface area contributed by atoms with E-state index in [0.29, 0.717) is 5.82 Å². The van der Waals surface area contributed by atoms with Crippen molar-refractivity contribution in [3.63, 3.8) is 0 Å². The molecule has 1 aromatic heterocycles. The van der Waals surface area contributed by atoms with E-state index in [1.807, 2.05) is 0 Å². The van der Waals surface area contributed by atoms with Gasteiger partial charge in [0, 0.05) is 20.0 Å². The van der Waals surface area contributed by atoms with E-state index >= 15 is 0 Å². The van der Waals surface area contributed by atoms with Crippen LogP contribution in [0.3, 0.4) is 0 Å². The van der Waals surface area contributed by atoms with Crippen molar-refractivity contribution < 1.29 is 26.7 Å². The van der Waals surface area contributed by atoms with E-state index in [9.17, 15) is 26.7 Å². The molecule has 10 heteroatoms. The van der Waals surface area contributed by atoms with Gasteiger partial charge in [-0.15, -0.1) is 10.2 Å². The Hall–Kier alpha value is -1.74. The molecule has 1 amide bonds. The maximum atomic E-state index is 12.5. The molecule has 18 heavy (non-hydrogen) atoms. The molecule has 0 unspecified atom stereocenters. The second kappa shape index (κ2) is 4.86. The van der Waals surface area contributed by atoms with Gasteiger partial charge >= 0.3 is 12.1 Å². The average Bonchev–Trinajstić information content (AvgIpc) is 2.62. The highest BCUT2D eigenvalue weighted by Crippen LogP contribution is 2.35. The first-order chi connectivity index (χ1) is 8.16. The minimum atomic E-state index is -5.90. The number of carbonyl (C=O) groups is 1. The number of halogens is 5. The van der Waals surface area contributed by atoms with Crippen LogP contribution in [0.4, 0.5) is 22.0 Å². The normalized spacial score (nSPS) is 12.6. The molecule has 0 atom stereocenters. The second-order valence-electron chi connectivity index (χ2n) is 3.44. The van der Waals surface area contributed by atoms with E-state index in [0.717, 1.165) is 0 Å². The van der Waals surface area contributed by atoms with Gasteiger partial charge in [0.25, 0.3) is 5.91 Å². The van der Waals surface area contributed by atoms with E-state index in [4.69, 9.17) is 0 Å². The van der Waals surface area contributed by atoms with E-state index in [1.165, 1.54) is 16.2 Å². The zero-order valence-electron chi connectivity index (χ0n) is 9.13. The largest absolute Gasteiger partial charge is 0.463 e. The highest BCUT2D eigenvalue weighted by Gasteiger charge is 2.63. The SMILES string of the molecule is Cn1cnnc1CCNC(=O)C(F)(F)C(F)(F)F. The van der Waals surface area contributed by atoms with Crippen molar-refractivity contribution in [2.24, 2.45) is 7.05 Å². The predicted molar refractivity (Wildman–Crippen MR) is 48.7 cm³/mol. The molecule has 1 N–H and O–H groups in total. The molecule has 0 aliphatic heterocycles. The highest BCUT2D eigenvalue weighted by molar-refractivity contribution is 5.84. The second-order valence-corrected chi connectivity index (χ2v) is 3.44. The smallest absolute Gasteiger partial charge is 0.350 e. The van der Waals surface area contributed by atoms with Gasteiger partial charge in [-0.25, -0.2) is 0 Å². The lowest BCUT2D eigenvalue weighted by Crippen LogP contribution is -2.50. The van der Waals surface area contributed by atoms with Crippen molar-refractivity contribution in [3.8, 4) is 0 Å². The highest BCUT2D eigenvalue weighted by atomic mass is 19.4. The predicted octanol–water partition coefficient (Wildman–Crippen LogP) is 0.671. The van der Waals surface area contributed by atoms with Gasteiger partial charge in [-0.3, -0.25) is 4.79 Å². The fourth-order valence-corrected chi connectivity index (χ4v) is 1.06. The first-order valence-electron chi connectivity index (χ1n) is 4.72. The van der Waals surface area contributed by atoms with Crippen LogP contribution in [0, 0.1) is 0 Å². The number of carbonyl (C=O) groups excluding carboxylic acids is 1. The molecule has 0 bridgehead atoms. The summed E-state index contributed by atoms with van der Waals surface area (Å²) >= 11 is 0. The topological polar surface area (TPSA) is 59.8 Å². The minimum Gasteiger partial charge on any atom is -0.350 e. The molecular weight excluding hydrogens is 263 g/mol. The Kier molecular flexibility index (Phi) is 3.87. The first kappa shape index (κ1) is 14.3. The number of amides is 1. The van der Waals surface area contributed by atoms with Gasteiger partial charge < -0.3 is 9.88 Å². The van der Waals surface area contributed by atoms with Gasteiger partial charge in [0.1, 0.15) is 12.2 Å². The molecule has 0 fully saturated rings. The molecule has 102 valence electrons. The van der Waals surface area contributed by atoms with Crippen molar-refractivity contribution in [2.45, 2.75) is 18.5 Å². The van der Waals surface area contributed by atoms with Crippen LogP contribution >= 0.6 is 0 Å². The zero-order chi connectivity index (χ0) is 14.0. The number of hydrogen-bond donors (Lipinski definition) is 1. The number of rotatable bonds is 4. The quantitative estimate of drug-likeness (QED) is 0.820. The van der Waals surface area contributed by atoms with Crippen LogP contribution in [0.15, 0.2) is 6.33 Å². The number of nitrogens with zero attached hydrogens (tertiary/aromatic N) is 3. The lowest BCUT2D eigenvalue weighted by Gasteiger charge is -2.18. The van der Waals surface area contributed by atoms with Gasteiger partial charge in [0.05, 0.1) is 0 Å². The third kappa shape index (κ3) is 2.93. The van der Waals surface area contributed by atoms with Crippen molar-refractivity contribution in [1.82, 2.24) is 20.1 Å². The molecule has 1 heterocycles. The molecule has 0 saturated heterocycles. The Balaban J connectivity index is 2.50. The van der Waals surface area contributed by atoms with E-state index < -0.39 is 24.6 Å². The van der Waals surface area contributed by atoms with Crippen molar-refractivity contribution in [1.29, 1.82) is 0 Å². The molecule has 0 aliphatic rings.